The summed E-state index contributed by atoms with van der Waals surface area (Å²) in [5, 5.41) is 6.75. The zero-order chi connectivity index (χ0) is 21.9. The number of hydrogen-bond acceptors (Lipinski definition) is 5. The van der Waals surface area contributed by atoms with E-state index in [4.69, 9.17) is 15.9 Å². The summed E-state index contributed by atoms with van der Waals surface area (Å²) in [5.41, 5.74) is 3.53. The van der Waals surface area contributed by atoms with Gasteiger partial charge in [0.15, 0.2) is 11.5 Å². The standard InChI is InChI=1S/C23H25N3O4/c1-5-14-30-21-18(12-9-13-19(21)29-4)15-24-26-23(28)20(16(2)3)25-22(27)17-10-7-6-8-11-17/h1,6-13,15-16,20H,14H2,2-4H3,(H,25,27)(H,26,28)/b24-15+. The lowest BCUT2D eigenvalue weighted by molar-refractivity contribution is -0.123. The Morgan fingerprint density at radius 1 is 1.17 bits per heavy atom. The number of benzene rings is 2. The van der Waals surface area contributed by atoms with E-state index < -0.39 is 11.9 Å². The minimum atomic E-state index is -0.752. The van der Waals surface area contributed by atoms with Crippen LogP contribution in [0.3, 0.4) is 0 Å². The smallest absolute Gasteiger partial charge is 0.262 e. The second kappa shape index (κ2) is 11.3. The van der Waals surface area contributed by atoms with Gasteiger partial charge in [0.25, 0.3) is 11.8 Å². The molecule has 0 fully saturated rings. The fourth-order valence-corrected chi connectivity index (χ4v) is 2.65. The molecular formula is C23H25N3O4. The predicted molar refractivity (Wildman–Crippen MR) is 116 cm³/mol. The van der Waals surface area contributed by atoms with Gasteiger partial charge in [-0.15, -0.1) is 6.42 Å². The zero-order valence-corrected chi connectivity index (χ0v) is 17.2. The lowest BCUT2D eigenvalue weighted by Crippen LogP contribution is -2.48. The van der Waals surface area contributed by atoms with Crippen molar-refractivity contribution in [2.24, 2.45) is 11.0 Å². The average Bonchev–Trinajstić information content (AvgIpc) is 2.76. The number of hydrazone groups is 1. The van der Waals surface area contributed by atoms with Crippen LogP contribution in [-0.4, -0.2) is 37.8 Å². The van der Waals surface area contributed by atoms with E-state index in [9.17, 15) is 9.59 Å². The molecule has 2 amide bonds. The van der Waals surface area contributed by atoms with Crippen LogP contribution in [0.25, 0.3) is 0 Å². The Balaban J connectivity index is 2.09. The molecule has 1 atom stereocenters. The van der Waals surface area contributed by atoms with Crippen LogP contribution in [0.1, 0.15) is 29.8 Å². The van der Waals surface area contributed by atoms with E-state index in [2.05, 4.69) is 21.8 Å². The van der Waals surface area contributed by atoms with Crippen molar-refractivity contribution >= 4 is 18.0 Å². The zero-order valence-electron chi connectivity index (χ0n) is 17.2. The van der Waals surface area contributed by atoms with Crippen molar-refractivity contribution in [3.63, 3.8) is 0 Å². The molecular weight excluding hydrogens is 382 g/mol. The van der Waals surface area contributed by atoms with E-state index in [1.807, 2.05) is 19.9 Å². The Hall–Kier alpha value is -3.79. The van der Waals surface area contributed by atoms with Gasteiger partial charge in [-0.25, -0.2) is 5.43 Å². The molecule has 7 heteroatoms. The van der Waals surface area contributed by atoms with Crippen LogP contribution in [0, 0.1) is 18.3 Å². The lowest BCUT2D eigenvalue weighted by Gasteiger charge is -2.20. The highest BCUT2D eigenvalue weighted by Crippen LogP contribution is 2.29. The van der Waals surface area contributed by atoms with E-state index in [-0.39, 0.29) is 18.4 Å². The van der Waals surface area contributed by atoms with Gasteiger partial charge in [-0.3, -0.25) is 9.59 Å². The van der Waals surface area contributed by atoms with Crippen molar-refractivity contribution in [2.45, 2.75) is 19.9 Å². The Bertz CT molecular complexity index is 933. The van der Waals surface area contributed by atoms with Crippen molar-refractivity contribution in [3.05, 3.63) is 59.7 Å². The number of para-hydroxylation sites is 1. The molecule has 0 aliphatic rings. The molecule has 7 nitrogen and oxygen atoms in total. The van der Waals surface area contributed by atoms with Crippen LogP contribution in [0.15, 0.2) is 53.6 Å². The van der Waals surface area contributed by atoms with Crippen molar-refractivity contribution in [1.29, 1.82) is 0 Å². The van der Waals surface area contributed by atoms with Crippen LogP contribution in [0.5, 0.6) is 11.5 Å². The van der Waals surface area contributed by atoms with E-state index in [1.165, 1.54) is 13.3 Å². The number of methoxy groups -OCH3 is 1. The van der Waals surface area contributed by atoms with Gasteiger partial charge in [0.2, 0.25) is 0 Å². The van der Waals surface area contributed by atoms with Gasteiger partial charge in [-0.05, 0) is 30.2 Å². The number of terminal acetylenes is 1. The number of amides is 2. The first-order chi connectivity index (χ1) is 14.5. The fourth-order valence-electron chi connectivity index (χ4n) is 2.65. The first-order valence-corrected chi connectivity index (χ1v) is 9.40. The van der Waals surface area contributed by atoms with E-state index in [0.29, 0.717) is 22.6 Å². The van der Waals surface area contributed by atoms with E-state index >= 15 is 0 Å². The van der Waals surface area contributed by atoms with Gasteiger partial charge in [0.05, 0.1) is 13.3 Å². The van der Waals surface area contributed by atoms with Crippen molar-refractivity contribution in [1.82, 2.24) is 10.7 Å². The Labute approximate surface area is 176 Å². The highest BCUT2D eigenvalue weighted by molar-refractivity contribution is 5.97. The molecule has 30 heavy (non-hydrogen) atoms. The van der Waals surface area contributed by atoms with Crippen LogP contribution in [-0.2, 0) is 4.79 Å². The number of nitrogens with zero attached hydrogens (tertiary/aromatic N) is 1. The third-order valence-corrected chi connectivity index (χ3v) is 4.18. The van der Waals surface area contributed by atoms with Gasteiger partial charge in [0.1, 0.15) is 12.6 Å². The molecule has 2 aromatic carbocycles. The third-order valence-electron chi connectivity index (χ3n) is 4.18. The van der Waals surface area contributed by atoms with Crippen LogP contribution in [0.2, 0.25) is 0 Å². The van der Waals surface area contributed by atoms with Gasteiger partial charge >= 0.3 is 0 Å². The quantitative estimate of drug-likeness (QED) is 0.380. The monoisotopic (exact) mass is 407 g/mol. The number of carbonyl (C=O) groups excluding carboxylic acids is 2. The molecule has 0 aliphatic carbocycles. The summed E-state index contributed by atoms with van der Waals surface area (Å²) in [4.78, 5) is 25.0. The molecule has 156 valence electrons. The number of carbonyl (C=O) groups is 2. The summed E-state index contributed by atoms with van der Waals surface area (Å²) in [6, 6.07) is 13.2. The molecule has 0 saturated heterocycles. The molecule has 0 heterocycles. The second-order valence-corrected chi connectivity index (χ2v) is 6.67. The number of nitrogens with one attached hydrogen (secondary N) is 2. The number of hydrogen-bond donors (Lipinski definition) is 2. The Morgan fingerprint density at radius 2 is 1.90 bits per heavy atom. The summed E-state index contributed by atoms with van der Waals surface area (Å²) in [5.74, 6) is 2.42. The average molecular weight is 407 g/mol. The summed E-state index contributed by atoms with van der Waals surface area (Å²) >= 11 is 0. The first-order valence-electron chi connectivity index (χ1n) is 9.40. The van der Waals surface area contributed by atoms with Crippen LogP contribution < -0.4 is 20.2 Å². The molecule has 0 radical (unpaired) electrons. The van der Waals surface area contributed by atoms with Gasteiger partial charge in [-0.2, -0.15) is 5.10 Å². The maximum atomic E-state index is 12.6. The summed E-state index contributed by atoms with van der Waals surface area (Å²) in [6.07, 6.45) is 6.69. The molecule has 0 aliphatic heterocycles. The van der Waals surface area contributed by atoms with E-state index in [0.717, 1.165) is 0 Å². The molecule has 0 saturated carbocycles. The maximum absolute atomic E-state index is 12.6. The predicted octanol–water partition coefficient (Wildman–Crippen LogP) is 2.61. The highest BCUT2D eigenvalue weighted by Gasteiger charge is 2.24. The van der Waals surface area contributed by atoms with Crippen molar-refractivity contribution < 1.29 is 19.1 Å². The molecule has 2 aromatic rings. The molecule has 2 N–H and O–H groups in total. The Kier molecular flexibility index (Phi) is 8.45. The first kappa shape index (κ1) is 22.5. The topological polar surface area (TPSA) is 89.0 Å². The normalized spacial score (nSPS) is 11.6. The summed E-state index contributed by atoms with van der Waals surface area (Å²) < 4.78 is 10.8. The van der Waals surface area contributed by atoms with Crippen LogP contribution in [0.4, 0.5) is 0 Å². The lowest BCUT2D eigenvalue weighted by atomic mass is 10.0. The molecule has 1 unspecified atom stereocenters. The molecule has 2 rings (SSSR count). The van der Waals surface area contributed by atoms with E-state index in [1.54, 1.807) is 42.5 Å². The SMILES string of the molecule is C#CCOc1c(/C=N/NC(=O)C(NC(=O)c2ccccc2)C(C)C)cccc1OC. The third kappa shape index (κ3) is 6.11. The van der Waals surface area contributed by atoms with Crippen molar-refractivity contribution in [2.75, 3.05) is 13.7 Å². The minimum Gasteiger partial charge on any atom is -0.493 e. The molecule has 0 spiro atoms. The second-order valence-electron chi connectivity index (χ2n) is 6.67. The highest BCUT2D eigenvalue weighted by atomic mass is 16.5. The molecule has 0 bridgehead atoms. The number of ether oxygens (including phenoxy) is 2. The minimum absolute atomic E-state index is 0.0640. The Morgan fingerprint density at radius 3 is 2.53 bits per heavy atom. The largest absolute Gasteiger partial charge is 0.493 e. The van der Waals surface area contributed by atoms with Crippen LogP contribution >= 0.6 is 0 Å². The summed E-state index contributed by atoms with van der Waals surface area (Å²) in [7, 11) is 1.52. The fraction of sp³-hybridized carbons (Fsp3) is 0.261. The van der Waals surface area contributed by atoms with Crippen molar-refractivity contribution in [3.8, 4) is 23.8 Å². The maximum Gasteiger partial charge on any atom is 0.262 e. The molecule has 0 aromatic heterocycles. The summed E-state index contributed by atoms with van der Waals surface area (Å²) in [6.45, 7) is 3.74. The van der Waals surface area contributed by atoms with Gasteiger partial charge < -0.3 is 14.8 Å². The number of rotatable bonds is 9. The van der Waals surface area contributed by atoms with Gasteiger partial charge in [0, 0.05) is 11.1 Å². The van der Waals surface area contributed by atoms with Gasteiger partial charge in [-0.1, -0.05) is 44.0 Å².